The summed E-state index contributed by atoms with van der Waals surface area (Å²) in [5, 5.41) is 13.3. The van der Waals surface area contributed by atoms with Gasteiger partial charge in [-0.15, -0.1) is 10.2 Å². The van der Waals surface area contributed by atoms with Gasteiger partial charge in [0.15, 0.2) is 16.6 Å². The third kappa shape index (κ3) is 6.16. The first-order valence-electron chi connectivity index (χ1n) is 10.6. The van der Waals surface area contributed by atoms with Crippen LogP contribution >= 0.6 is 11.8 Å². The molecule has 0 bridgehead atoms. The molecule has 10 heteroatoms. The van der Waals surface area contributed by atoms with Crippen molar-refractivity contribution in [1.29, 1.82) is 0 Å². The first-order chi connectivity index (χ1) is 16.2. The lowest BCUT2D eigenvalue weighted by Gasteiger charge is -2.12. The molecule has 176 valence electrons. The number of hydrogen-bond acceptors (Lipinski definition) is 7. The number of aromatic amines is 1. The predicted octanol–water partition coefficient (Wildman–Crippen LogP) is 3.81. The summed E-state index contributed by atoms with van der Waals surface area (Å²) in [7, 11) is 0. The van der Waals surface area contributed by atoms with Gasteiger partial charge in [-0.25, -0.2) is 0 Å². The van der Waals surface area contributed by atoms with Gasteiger partial charge in [0, 0.05) is 23.2 Å². The minimum Gasteiger partial charge on any atom is -0.325 e. The van der Waals surface area contributed by atoms with Crippen LogP contribution in [0.5, 0.6) is 0 Å². The van der Waals surface area contributed by atoms with Gasteiger partial charge in [0.05, 0.1) is 10.9 Å². The fourth-order valence-electron chi connectivity index (χ4n) is 3.01. The van der Waals surface area contributed by atoms with Gasteiger partial charge in [0.2, 0.25) is 11.8 Å². The number of amides is 2. The Bertz CT molecular complexity index is 1290. The highest BCUT2D eigenvalue weighted by atomic mass is 32.2. The maximum atomic E-state index is 12.8. The van der Waals surface area contributed by atoms with E-state index in [2.05, 4.69) is 25.8 Å². The second-order valence-corrected chi connectivity index (χ2v) is 8.97. The SMILES string of the molecule is CCC(=O)Nc1ccc(C)cc1-c1nnc(SC(C)C(=O)Nc2ccc(C(C)=O)cc2)[nH]c1=O. The number of Topliss-reactive ketones (excluding diaryl/α,β-unsaturated/α-hetero) is 1. The molecule has 1 unspecified atom stereocenters. The molecule has 0 aliphatic heterocycles. The number of nitrogens with one attached hydrogen (secondary N) is 3. The van der Waals surface area contributed by atoms with Crippen molar-refractivity contribution in [3.05, 3.63) is 63.9 Å². The molecule has 3 N–H and O–H groups in total. The first kappa shape index (κ1) is 24.8. The van der Waals surface area contributed by atoms with E-state index < -0.39 is 10.8 Å². The van der Waals surface area contributed by atoms with Crippen LogP contribution < -0.4 is 16.2 Å². The molecular weight excluding hydrogens is 454 g/mol. The largest absolute Gasteiger partial charge is 0.325 e. The van der Waals surface area contributed by atoms with Gasteiger partial charge < -0.3 is 10.6 Å². The fraction of sp³-hybridized carbons (Fsp3) is 0.250. The molecule has 2 amide bonds. The maximum absolute atomic E-state index is 12.8. The summed E-state index contributed by atoms with van der Waals surface area (Å²) in [6, 6.07) is 11.9. The number of carbonyl (C=O) groups excluding carboxylic acids is 3. The van der Waals surface area contributed by atoms with Crippen LogP contribution in [0.4, 0.5) is 11.4 Å². The third-order valence-electron chi connectivity index (χ3n) is 4.92. The van der Waals surface area contributed by atoms with Gasteiger partial charge in [-0.3, -0.25) is 24.2 Å². The normalized spacial score (nSPS) is 11.5. The molecule has 0 aliphatic carbocycles. The molecule has 2 aromatic carbocycles. The first-order valence-corrected chi connectivity index (χ1v) is 11.5. The summed E-state index contributed by atoms with van der Waals surface area (Å²) in [5.41, 5.74) is 2.53. The van der Waals surface area contributed by atoms with E-state index in [-0.39, 0.29) is 28.4 Å². The average Bonchev–Trinajstić information content (AvgIpc) is 2.80. The van der Waals surface area contributed by atoms with Gasteiger partial charge >= 0.3 is 0 Å². The molecule has 1 heterocycles. The van der Waals surface area contributed by atoms with Crippen molar-refractivity contribution in [2.45, 2.75) is 44.5 Å². The molecule has 1 aromatic heterocycles. The molecule has 3 rings (SSSR count). The smallest absolute Gasteiger partial charge is 0.278 e. The summed E-state index contributed by atoms with van der Waals surface area (Å²) in [4.78, 5) is 51.2. The lowest BCUT2D eigenvalue weighted by Crippen LogP contribution is -2.24. The molecule has 34 heavy (non-hydrogen) atoms. The molecule has 0 radical (unpaired) electrons. The van der Waals surface area contributed by atoms with Crippen molar-refractivity contribution in [2.24, 2.45) is 0 Å². The number of aryl methyl sites for hydroxylation is 1. The van der Waals surface area contributed by atoms with Crippen LogP contribution in [0.15, 0.2) is 52.4 Å². The van der Waals surface area contributed by atoms with Crippen molar-refractivity contribution >= 4 is 40.7 Å². The Kier molecular flexibility index (Phi) is 7.95. The summed E-state index contributed by atoms with van der Waals surface area (Å²) >= 11 is 1.05. The summed E-state index contributed by atoms with van der Waals surface area (Å²) in [6.45, 7) is 6.76. The predicted molar refractivity (Wildman–Crippen MR) is 132 cm³/mol. The number of nitrogens with zero attached hydrogens (tertiary/aromatic N) is 2. The molecule has 0 saturated carbocycles. The molecule has 0 fully saturated rings. The standard InChI is InChI=1S/C24H25N5O4S/c1-5-20(31)26-19-11-6-13(2)12-18(19)21-23(33)27-24(29-28-21)34-15(4)22(32)25-17-9-7-16(8-10-17)14(3)30/h6-12,15H,5H2,1-4H3,(H,25,32)(H,26,31)(H,27,29,33). The number of anilines is 2. The van der Waals surface area contributed by atoms with Gasteiger partial charge in [0.25, 0.3) is 5.56 Å². The van der Waals surface area contributed by atoms with E-state index in [0.29, 0.717) is 28.9 Å². The molecule has 0 saturated heterocycles. The molecule has 3 aromatic rings. The number of ketones is 1. The lowest BCUT2D eigenvalue weighted by atomic mass is 10.1. The number of carbonyl (C=O) groups is 3. The quantitative estimate of drug-likeness (QED) is 0.330. The van der Waals surface area contributed by atoms with E-state index in [9.17, 15) is 19.2 Å². The number of hydrogen-bond donors (Lipinski definition) is 3. The molecular formula is C24H25N5O4S. The molecule has 1 atom stereocenters. The van der Waals surface area contributed by atoms with E-state index >= 15 is 0 Å². The maximum Gasteiger partial charge on any atom is 0.278 e. The van der Waals surface area contributed by atoms with Gasteiger partial charge in [-0.05, 0) is 57.2 Å². The lowest BCUT2D eigenvalue weighted by molar-refractivity contribution is -0.116. The Hall–Kier alpha value is -3.79. The monoisotopic (exact) mass is 479 g/mol. The Morgan fingerprint density at radius 1 is 1.06 bits per heavy atom. The Morgan fingerprint density at radius 2 is 1.76 bits per heavy atom. The second kappa shape index (κ2) is 10.9. The topological polar surface area (TPSA) is 134 Å². The van der Waals surface area contributed by atoms with Crippen LogP contribution in [0.1, 0.15) is 43.1 Å². The Balaban J connectivity index is 1.75. The van der Waals surface area contributed by atoms with Crippen LogP contribution in [0.3, 0.4) is 0 Å². The van der Waals surface area contributed by atoms with Crippen LogP contribution in [-0.4, -0.2) is 38.0 Å². The highest BCUT2D eigenvalue weighted by Crippen LogP contribution is 2.26. The van der Waals surface area contributed by atoms with Crippen molar-refractivity contribution in [1.82, 2.24) is 15.2 Å². The van der Waals surface area contributed by atoms with Crippen LogP contribution in [-0.2, 0) is 9.59 Å². The van der Waals surface area contributed by atoms with Gasteiger partial charge in [-0.2, -0.15) is 0 Å². The molecule has 0 spiro atoms. The number of H-pyrrole nitrogens is 1. The number of benzene rings is 2. The number of thioether (sulfide) groups is 1. The number of aromatic nitrogens is 3. The van der Waals surface area contributed by atoms with E-state index in [1.54, 1.807) is 50.2 Å². The van der Waals surface area contributed by atoms with E-state index in [0.717, 1.165) is 17.3 Å². The minimum atomic E-state index is -0.582. The highest BCUT2D eigenvalue weighted by Gasteiger charge is 2.19. The Morgan fingerprint density at radius 3 is 2.38 bits per heavy atom. The minimum absolute atomic E-state index is 0.0571. The van der Waals surface area contributed by atoms with Crippen molar-refractivity contribution in [3.8, 4) is 11.3 Å². The summed E-state index contributed by atoms with van der Waals surface area (Å²) in [5.74, 6) is -0.536. The summed E-state index contributed by atoms with van der Waals surface area (Å²) in [6.07, 6.45) is 0.297. The molecule has 0 aliphatic rings. The highest BCUT2D eigenvalue weighted by molar-refractivity contribution is 8.00. The van der Waals surface area contributed by atoms with Crippen molar-refractivity contribution in [2.75, 3.05) is 10.6 Å². The second-order valence-electron chi connectivity index (χ2n) is 7.64. The van der Waals surface area contributed by atoms with Crippen LogP contribution in [0.25, 0.3) is 11.3 Å². The zero-order valence-electron chi connectivity index (χ0n) is 19.3. The average molecular weight is 480 g/mol. The van der Waals surface area contributed by atoms with E-state index in [1.807, 2.05) is 13.0 Å². The van der Waals surface area contributed by atoms with E-state index in [1.165, 1.54) is 6.92 Å². The van der Waals surface area contributed by atoms with Crippen LogP contribution in [0.2, 0.25) is 0 Å². The molecule has 9 nitrogen and oxygen atoms in total. The van der Waals surface area contributed by atoms with Gasteiger partial charge in [0.1, 0.15) is 0 Å². The van der Waals surface area contributed by atoms with Gasteiger partial charge in [-0.1, -0.05) is 30.3 Å². The van der Waals surface area contributed by atoms with Crippen molar-refractivity contribution < 1.29 is 14.4 Å². The van der Waals surface area contributed by atoms with Crippen LogP contribution in [0, 0.1) is 6.92 Å². The number of rotatable bonds is 8. The Labute approximate surface area is 200 Å². The zero-order valence-corrected chi connectivity index (χ0v) is 20.1. The third-order valence-corrected chi connectivity index (χ3v) is 5.89. The fourth-order valence-corrected chi connectivity index (χ4v) is 3.75. The zero-order chi connectivity index (χ0) is 24.8. The summed E-state index contributed by atoms with van der Waals surface area (Å²) < 4.78 is 0. The van der Waals surface area contributed by atoms with Crippen molar-refractivity contribution in [3.63, 3.8) is 0 Å². The van der Waals surface area contributed by atoms with E-state index in [4.69, 9.17) is 0 Å².